The van der Waals surface area contributed by atoms with Crippen LogP contribution in [0.4, 0.5) is 11.4 Å². The van der Waals surface area contributed by atoms with Crippen molar-refractivity contribution >= 4 is 28.9 Å². The highest BCUT2D eigenvalue weighted by molar-refractivity contribution is 6.33. The topological polar surface area (TPSA) is 88.0 Å². The van der Waals surface area contributed by atoms with Gasteiger partial charge in [0, 0.05) is 11.8 Å². The van der Waals surface area contributed by atoms with Crippen LogP contribution in [-0.4, -0.2) is 10.9 Å². The third-order valence-corrected chi connectivity index (χ3v) is 2.93. The molecule has 0 bridgehead atoms. The molecule has 0 radical (unpaired) electrons. The molecule has 0 atom stereocenters. The molecule has 0 aliphatic heterocycles. The summed E-state index contributed by atoms with van der Waals surface area (Å²) in [5, 5.41) is 3.04. The van der Waals surface area contributed by atoms with Crippen molar-refractivity contribution in [3.8, 4) is 0 Å². The summed E-state index contributed by atoms with van der Waals surface area (Å²) < 4.78 is 0. The number of aryl methyl sites for hydroxylation is 1. The van der Waals surface area contributed by atoms with Gasteiger partial charge in [0.05, 0.1) is 10.7 Å². The Labute approximate surface area is 114 Å². The van der Waals surface area contributed by atoms with Crippen LogP contribution >= 0.6 is 11.6 Å². The number of anilines is 2. The van der Waals surface area contributed by atoms with Gasteiger partial charge in [-0.15, -0.1) is 0 Å². The van der Waals surface area contributed by atoms with Crippen LogP contribution in [0.2, 0.25) is 5.02 Å². The molecule has 0 aliphatic rings. The van der Waals surface area contributed by atoms with Gasteiger partial charge in [-0.1, -0.05) is 17.7 Å². The summed E-state index contributed by atoms with van der Waals surface area (Å²) in [6.07, 6.45) is 0. The van der Waals surface area contributed by atoms with Crippen LogP contribution in [0.25, 0.3) is 0 Å². The van der Waals surface area contributed by atoms with Crippen molar-refractivity contribution in [1.82, 2.24) is 4.98 Å². The van der Waals surface area contributed by atoms with Crippen molar-refractivity contribution in [3.05, 3.63) is 57.0 Å². The first-order valence-electron chi connectivity index (χ1n) is 5.53. The number of hydrogen-bond acceptors (Lipinski definition) is 3. The molecule has 98 valence electrons. The summed E-state index contributed by atoms with van der Waals surface area (Å²) in [5.74, 6) is -0.415. The molecule has 6 heteroatoms. The Morgan fingerprint density at radius 1 is 1.37 bits per heavy atom. The first-order chi connectivity index (χ1) is 8.97. The number of carbonyl (C=O) groups is 1. The zero-order chi connectivity index (χ0) is 14.0. The van der Waals surface area contributed by atoms with Gasteiger partial charge >= 0.3 is 0 Å². The lowest BCUT2D eigenvalue weighted by Crippen LogP contribution is -2.18. The molecule has 0 saturated heterocycles. The quantitative estimate of drug-likeness (QED) is 0.735. The van der Waals surface area contributed by atoms with Crippen molar-refractivity contribution in [1.29, 1.82) is 0 Å². The minimum atomic E-state index is -0.415. The highest BCUT2D eigenvalue weighted by Gasteiger charge is 2.10. The van der Waals surface area contributed by atoms with Gasteiger partial charge in [-0.2, -0.15) is 0 Å². The SMILES string of the molecule is Cc1cc(N)c(Cl)cc1NC(=O)c1cccc(=O)[nH]1. The van der Waals surface area contributed by atoms with Crippen LogP contribution in [0.15, 0.2) is 35.1 Å². The molecule has 0 aliphatic carbocycles. The zero-order valence-corrected chi connectivity index (χ0v) is 10.9. The molecule has 1 aromatic heterocycles. The van der Waals surface area contributed by atoms with Gasteiger partial charge in [0.1, 0.15) is 5.69 Å². The fraction of sp³-hybridized carbons (Fsp3) is 0.0769. The second-order valence-electron chi connectivity index (χ2n) is 4.07. The molecule has 0 saturated carbocycles. The number of nitrogens with two attached hydrogens (primary N) is 1. The molecule has 4 N–H and O–H groups in total. The number of rotatable bonds is 2. The Bertz CT molecular complexity index is 695. The van der Waals surface area contributed by atoms with Gasteiger partial charge in [0.25, 0.3) is 5.91 Å². The lowest BCUT2D eigenvalue weighted by Gasteiger charge is -2.10. The Hall–Kier alpha value is -2.27. The van der Waals surface area contributed by atoms with Crippen molar-refractivity contribution < 1.29 is 4.79 Å². The van der Waals surface area contributed by atoms with Crippen molar-refractivity contribution in [2.75, 3.05) is 11.1 Å². The Morgan fingerprint density at radius 2 is 2.11 bits per heavy atom. The summed E-state index contributed by atoms with van der Waals surface area (Å²) in [6.45, 7) is 1.80. The molecule has 0 spiro atoms. The number of carbonyl (C=O) groups excluding carboxylic acids is 1. The van der Waals surface area contributed by atoms with E-state index < -0.39 is 5.91 Å². The Morgan fingerprint density at radius 3 is 2.79 bits per heavy atom. The summed E-state index contributed by atoms with van der Waals surface area (Å²) in [6, 6.07) is 7.61. The molecule has 19 heavy (non-hydrogen) atoms. The number of benzene rings is 1. The third kappa shape index (κ3) is 2.95. The van der Waals surface area contributed by atoms with Crippen LogP contribution in [0.5, 0.6) is 0 Å². The van der Waals surface area contributed by atoms with E-state index in [9.17, 15) is 9.59 Å². The van der Waals surface area contributed by atoms with Crippen molar-refractivity contribution in [2.45, 2.75) is 6.92 Å². The van der Waals surface area contributed by atoms with Crippen molar-refractivity contribution in [3.63, 3.8) is 0 Å². The number of amides is 1. The number of halogens is 1. The average Bonchev–Trinajstić information content (AvgIpc) is 2.36. The van der Waals surface area contributed by atoms with Crippen LogP contribution in [0, 0.1) is 6.92 Å². The molecule has 5 nitrogen and oxygen atoms in total. The molecular formula is C13H12ClN3O2. The van der Waals surface area contributed by atoms with Gasteiger partial charge in [0.15, 0.2) is 0 Å². The molecule has 1 amide bonds. The smallest absolute Gasteiger partial charge is 0.272 e. The van der Waals surface area contributed by atoms with Crippen LogP contribution < -0.4 is 16.6 Å². The standard InChI is InChI=1S/C13H12ClN3O2/c1-7-5-9(15)8(14)6-11(7)17-13(19)10-3-2-4-12(18)16-10/h2-6H,15H2,1H3,(H,16,18)(H,17,19). The number of nitrogen functional groups attached to an aromatic ring is 1. The third-order valence-electron chi connectivity index (χ3n) is 2.60. The largest absolute Gasteiger partial charge is 0.398 e. The molecule has 2 rings (SSSR count). The van der Waals surface area contributed by atoms with E-state index >= 15 is 0 Å². The number of aromatic nitrogens is 1. The number of aromatic amines is 1. The summed E-state index contributed by atoms with van der Waals surface area (Å²) >= 11 is 5.91. The van der Waals surface area contributed by atoms with Crippen LogP contribution in [-0.2, 0) is 0 Å². The predicted molar refractivity (Wildman–Crippen MR) is 75.6 cm³/mol. The first-order valence-corrected chi connectivity index (χ1v) is 5.91. The maximum absolute atomic E-state index is 12.0. The Kier molecular flexibility index (Phi) is 3.57. The minimum absolute atomic E-state index is 0.180. The predicted octanol–water partition coefficient (Wildman–Crippen LogP) is 2.17. The maximum atomic E-state index is 12.0. The highest BCUT2D eigenvalue weighted by Crippen LogP contribution is 2.26. The maximum Gasteiger partial charge on any atom is 0.272 e. The average molecular weight is 278 g/mol. The van der Waals surface area contributed by atoms with Crippen molar-refractivity contribution in [2.24, 2.45) is 0 Å². The molecule has 1 aromatic carbocycles. The van der Waals surface area contributed by atoms with Gasteiger partial charge in [-0.3, -0.25) is 9.59 Å². The van der Waals surface area contributed by atoms with E-state index in [0.717, 1.165) is 5.56 Å². The molecule has 1 heterocycles. The first kappa shape index (κ1) is 13.2. The van der Waals surface area contributed by atoms with Gasteiger partial charge < -0.3 is 16.0 Å². The second-order valence-corrected chi connectivity index (χ2v) is 4.48. The fourth-order valence-electron chi connectivity index (χ4n) is 1.61. The number of nitrogens with one attached hydrogen (secondary N) is 2. The number of H-pyrrole nitrogens is 1. The monoisotopic (exact) mass is 277 g/mol. The van der Waals surface area contributed by atoms with E-state index in [4.69, 9.17) is 17.3 Å². The molecular weight excluding hydrogens is 266 g/mol. The van der Waals surface area contributed by atoms with Crippen LogP contribution in [0.3, 0.4) is 0 Å². The molecule has 2 aromatic rings. The number of pyridine rings is 1. The van der Waals surface area contributed by atoms with Gasteiger partial charge in [0.2, 0.25) is 5.56 Å². The number of hydrogen-bond donors (Lipinski definition) is 3. The van der Waals surface area contributed by atoms with E-state index in [0.29, 0.717) is 16.4 Å². The van der Waals surface area contributed by atoms with Gasteiger partial charge in [-0.25, -0.2) is 0 Å². The summed E-state index contributed by atoms with van der Waals surface area (Å²) in [7, 11) is 0. The van der Waals surface area contributed by atoms with E-state index in [1.807, 2.05) is 0 Å². The highest BCUT2D eigenvalue weighted by atomic mass is 35.5. The van der Waals surface area contributed by atoms with E-state index in [1.165, 1.54) is 18.2 Å². The van der Waals surface area contributed by atoms with E-state index in [2.05, 4.69) is 10.3 Å². The summed E-state index contributed by atoms with van der Waals surface area (Å²) in [4.78, 5) is 25.5. The minimum Gasteiger partial charge on any atom is -0.398 e. The van der Waals surface area contributed by atoms with Gasteiger partial charge in [-0.05, 0) is 30.7 Å². The zero-order valence-electron chi connectivity index (χ0n) is 10.2. The van der Waals surface area contributed by atoms with E-state index in [1.54, 1.807) is 19.1 Å². The summed E-state index contributed by atoms with van der Waals surface area (Å²) in [5.41, 5.74) is 7.29. The fourth-order valence-corrected chi connectivity index (χ4v) is 1.77. The second kappa shape index (κ2) is 5.16. The molecule has 0 fully saturated rings. The van der Waals surface area contributed by atoms with Crippen LogP contribution in [0.1, 0.15) is 16.1 Å². The lowest BCUT2D eigenvalue weighted by atomic mass is 10.1. The molecule has 0 unspecified atom stereocenters. The lowest BCUT2D eigenvalue weighted by molar-refractivity contribution is 0.102. The Balaban J connectivity index is 2.29. The normalized spacial score (nSPS) is 10.2. The van der Waals surface area contributed by atoms with E-state index in [-0.39, 0.29) is 11.3 Å².